The van der Waals surface area contributed by atoms with Crippen LogP contribution < -0.4 is 10.6 Å². The first-order chi connectivity index (χ1) is 13.5. The van der Waals surface area contributed by atoms with Crippen LogP contribution in [0.2, 0.25) is 5.02 Å². The lowest BCUT2D eigenvalue weighted by atomic mass is 9.96. The average Bonchev–Trinajstić information content (AvgIpc) is 2.74. The number of hydrogen-bond acceptors (Lipinski definition) is 4. The van der Waals surface area contributed by atoms with Crippen molar-refractivity contribution in [2.75, 3.05) is 25.0 Å². The highest BCUT2D eigenvalue weighted by Gasteiger charge is 2.25. The minimum absolute atomic E-state index is 0.0327. The molecule has 1 saturated heterocycles. The van der Waals surface area contributed by atoms with Gasteiger partial charge in [0.15, 0.2) is 0 Å². The van der Waals surface area contributed by atoms with Crippen molar-refractivity contribution < 1.29 is 14.4 Å². The Balaban J connectivity index is 1.42. The monoisotopic (exact) mass is 400 g/mol. The number of aromatic nitrogens is 1. The Hall–Kier alpha value is -2.93. The third kappa shape index (κ3) is 5.07. The summed E-state index contributed by atoms with van der Waals surface area (Å²) in [5, 5.41) is 5.53. The largest absolute Gasteiger partial charge is 0.348 e. The van der Waals surface area contributed by atoms with Crippen molar-refractivity contribution >= 4 is 35.0 Å². The first-order valence-electron chi connectivity index (χ1n) is 9.07. The molecule has 1 fully saturated rings. The number of halogens is 1. The van der Waals surface area contributed by atoms with E-state index in [9.17, 15) is 14.4 Å². The van der Waals surface area contributed by atoms with Gasteiger partial charge < -0.3 is 15.5 Å². The number of piperidine rings is 1. The molecule has 2 heterocycles. The Labute approximate surface area is 168 Å². The minimum atomic E-state index is -0.753. The van der Waals surface area contributed by atoms with Crippen LogP contribution >= 0.6 is 11.6 Å². The van der Waals surface area contributed by atoms with Gasteiger partial charge in [0.1, 0.15) is 0 Å². The number of anilines is 1. The van der Waals surface area contributed by atoms with Gasteiger partial charge in [0.25, 0.3) is 5.91 Å². The summed E-state index contributed by atoms with van der Waals surface area (Å²) in [6, 6.07) is 10.2. The van der Waals surface area contributed by atoms with Gasteiger partial charge in [-0.2, -0.15) is 0 Å². The minimum Gasteiger partial charge on any atom is -0.348 e. The van der Waals surface area contributed by atoms with E-state index in [1.165, 1.54) is 0 Å². The molecule has 0 aliphatic carbocycles. The lowest BCUT2D eigenvalue weighted by Crippen LogP contribution is -2.43. The fourth-order valence-electron chi connectivity index (χ4n) is 3.07. The van der Waals surface area contributed by atoms with E-state index in [0.29, 0.717) is 35.9 Å². The average molecular weight is 401 g/mol. The maximum absolute atomic E-state index is 12.4. The van der Waals surface area contributed by atoms with Crippen LogP contribution in [0.25, 0.3) is 0 Å². The molecule has 0 spiro atoms. The summed E-state index contributed by atoms with van der Waals surface area (Å²) in [6.45, 7) is 1.61. The number of nitrogens with one attached hydrogen (secondary N) is 2. The number of carbonyl (C=O) groups is 3. The van der Waals surface area contributed by atoms with Crippen LogP contribution in [0, 0.1) is 5.92 Å². The van der Waals surface area contributed by atoms with Crippen molar-refractivity contribution in [1.82, 2.24) is 15.2 Å². The maximum atomic E-state index is 12.4. The summed E-state index contributed by atoms with van der Waals surface area (Å²) in [6.07, 6.45) is 4.72. The number of nitrogens with zero attached hydrogens (tertiary/aromatic N) is 2. The van der Waals surface area contributed by atoms with Gasteiger partial charge in [0.05, 0.1) is 16.3 Å². The van der Waals surface area contributed by atoms with Crippen LogP contribution in [-0.4, -0.2) is 47.2 Å². The van der Waals surface area contributed by atoms with E-state index in [0.717, 1.165) is 12.8 Å². The number of carbonyl (C=O) groups excluding carboxylic acids is 3. The number of hydrogen-bond donors (Lipinski definition) is 2. The lowest BCUT2D eigenvalue weighted by Gasteiger charge is -2.32. The Morgan fingerprint density at radius 3 is 2.50 bits per heavy atom. The number of likely N-dealkylation sites (tertiary alicyclic amines) is 1. The molecule has 2 N–H and O–H groups in total. The molecular weight excluding hydrogens is 380 g/mol. The summed E-state index contributed by atoms with van der Waals surface area (Å²) in [5.74, 6) is -1.27. The zero-order chi connectivity index (χ0) is 19.9. The molecule has 2 aromatic rings. The van der Waals surface area contributed by atoms with E-state index in [2.05, 4.69) is 15.6 Å². The topological polar surface area (TPSA) is 91.4 Å². The molecule has 1 aliphatic rings. The van der Waals surface area contributed by atoms with Crippen molar-refractivity contribution in [3.05, 3.63) is 59.4 Å². The van der Waals surface area contributed by atoms with Crippen molar-refractivity contribution in [3.8, 4) is 0 Å². The normalized spacial score (nSPS) is 14.4. The van der Waals surface area contributed by atoms with Crippen molar-refractivity contribution in [2.45, 2.75) is 12.8 Å². The van der Waals surface area contributed by atoms with Crippen LogP contribution in [-0.2, 0) is 9.59 Å². The van der Waals surface area contributed by atoms with Crippen LogP contribution in [0.3, 0.4) is 0 Å². The van der Waals surface area contributed by atoms with Gasteiger partial charge in [0.2, 0.25) is 0 Å². The SMILES string of the molecule is O=C(NCC1CCN(C(=O)c2cccnc2)CC1)C(=O)Nc1ccccc1Cl. The summed E-state index contributed by atoms with van der Waals surface area (Å²) >= 11 is 5.97. The molecule has 0 unspecified atom stereocenters. The highest BCUT2D eigenvalue weighted by molar-refractivity contribution is 6.41. The van der Waals surface area contributed by atoms with Gasteiger partial charge in [0, 0.05) is 32.0 Å². The fourth-order valence-corrected chi connectivity index (χ4v) is 3.25. The van der Waals surface area contributed by atoms with Crippen LogP contribution in [0.4, 0.5) is 5.69 Å². The second-order valence-electron chi connectivity index (χ2n) is 6.62. The quantitative estimate of drug-likeness (QED) is 0.770. The molecule has 1 aromatic heterocycles. The van der Waals surface area contributed by atoms with Crippen LogP contribution in [0.5, 0.6) is 0 Å². The Kier molecular flexibility index (Phi) is 6.60. The number of para-hydroxylation sites is 1. The molecule has 0 saturated carbocycles. The maximum Gasteiger partial charge on any atom is 0.313 e. The molecule has 8 heteroatoms. The van der Waals surface area contributed by atoms with E-state index < -0.39 is 11.8 Å². The van der Waals surface area contributed by atoms with E-state index in [1.807, 2.05) is 0 Å². The molecule has 0 atom stereocenters. The second-order valence-corrected chi connectivity index (χ2v) is 7.03. The Bertz CT molecular complexity index is 852. The number of rotatable bonds is 4. The van der Waals surface area contributed by atoms with E-state index in [4.69, 9.17) is 11.6 Å². The van der Waals surface area contributed by atoms with Crippen LogP contribution in [0.15, 0.2) is 48.8 Å². The predicted molar refractivity (Wildman–Crippen MR) is 106 cm³/mol. The summed E-state index contributed by atoms with van der Waals surface area (Å²) in [7, 11) is 0. The second kappa shape index (κ2) is 9.32. The van der Waals surface area contributed by atoms with Gasteiger partial charge in [-0.05, 0) is 43.0 Å². The summed E-state index contributed by atoms with van der Waals surface area (Å²) in [4.78, 5) is 42.2. The number of benzene rings is 1. The van der Waals surface area contributed by atoms with E-state index >= 15 is 0 Å². The predicted octanol–water partition coefficient (Wildman–Crippen LogP) is 2.34. The standard InChI is InChI=1S/C20H21ClN4O3/c21-16-5-1-2-6-17(16)24-19(27)18(26)23-12-14-7-10-25(11-8-14)20(28)15-4-3-9-22-13-15/h1-6,9,13-14H,7-8,10-12H2,(H,23,26)(H,24,27). The Morgan fingerprint density at radius 2 is 1.82 bits per heavy atom. The molecule has 0 bridgehead atoms. The molecule has 146 valence electrons. The first kappa shape index (κ1) is 19.8. The van der Waals surface area contributed by atoms with Crippen LogP contribution in [0.1, 0.15) is 23.2 Å². The molecule has 1 aliphatic heterocycles. The van der Waals surface area contributed by atoms with Crippen molar-refractivity contribution in [3.63, 3.8) is 0 Å². The van der Waals surface area contributed by atoms with Gasteiger partial charge in [-0.25, -0.2) is 0 Å². The third-order valence-corrected chi connectivity index (χ3v) is 5.02. The zero-order valence-electron chi connectivity index (χ0n) is 15.2. The summed E-state index contributed by atoms with van der Waals surface area (Å²) < 4.78 is 0. The number of pyridine rings is 1. The van der Waals surface area contributed by atoms with Gasteiger partial charge in [-0.1, -0.05) is 23.7 Å². The summed E-state index contributed by atoms with van der Waals surface area (Å²) in [5.41, 5.74) is 0.969. The molecule has 3 amide bonds. The van der Waals surface area contributed by atoms with Gasteiger partial charge in [-0.3, -0.25) is 19.4 Å². The zero-order valence-corrected chi connectivity index (χ0v) is 16.0. The van der Waals surface area contributed by atoms with Crippen molar-refractivity contribution in [1.29, 1.82) is 0 Å². The fraction of sp³-hybridized carbons (Fsp3) is 0.300. The number of amides is 3. The smallest absolute Gasteiger partial charge is 0.313 e. The van der Waals surface area contributed by atoms with E-state index in [-0.39, 0.29) is 11.8 Å². The van der Waals surface area contributed by atoms with Crippen molar-refractivity contribution in [2.24, 2.45) is 5.92 Å². The van der Waals surface area contributed by atoms with E-state index in [1.54, 1.807) is 53.7 Å². The molecular formula is C20H21ClN4O3. The highest BCUT2D eigenvalue weighted by Crippen LogP contribution is 2.20. The third-order valence-electron chi connectivity index (χ3n) is 4.69. The van der Waals surface area contributed by atoms with Gasteiger partial charge >= 0.3 is 11.8 Å². The molecule has 28 heavy (non-hydrogen) atoms. The Morgan fingerprint density at radius 1 is 1.07 bits per heavy atom. The molecule has 0 radical (unpaired) electrons. The highest BCUT2D eigenvalue weighted by atomic mass is 35.5. The molecule has 7 nitrogen and oxygen atoms in total. The first-order valence-corrected chi connectivity index (χ1v) is 9.45. The molecule has 3 rings (SSSR count). The molecule has 1 aromatic carbocycles. The van der Waals surface area contributed by atoms with Gasteiger partial charge in [-0.15, -0.1) is 0 Å². The lowest BCUT2D eigenvalue weighted by molar-refractivity contribution is -0.136.